The van der Waals surface area contributed by atoms with Crippen LogP contribution in [0.5, 0.6) is 0 Å². The molecule has 0 radical (unpaired) electrons. The van der Waals surface area contributed by atoms with Crippen LogP contribution in [0.4, 0.5) is 0 Å². The molecule has 2 aromatic rings. The summed E-state index contributed by atoms with van der Waals surface area (Å²) in [5.74, 6) is -0.0979. The van der Waals surface area contributed by atoms with Crippen molar-refractivity contribution in [1.82, 2.24) is 14.7 Å². The van der Waals surface area contributed by atoms with Crippen molar-refractivity contribution in [1.29, 1.82) is 0 Å². The summed E-state index contributed by atoms with van der Waals surface area (Å²) in [6.07, 6.45) is 7.20. The lowest BCUT2D eigenvalue weighted by atomic mass is 10.00. The Morgan fingerprint density at radius 3 is 2.47 bits per heavy atom. The Morgan fingerprint density at radius 1 is 1.15 bits per heavy atom. The van der Waals surface area contributed by atoms with E-state index in [1.807, 2.05) is 56.1 Å². The Morgan fingerprint density at radius 2 is 1.85 bits per heavy atom. The van der Waals surface area contributed by atoms with Crippen LogP contribution in [0.3, 0.4) is 0 Å². The van der Waals surface area contributed by atoms with Crippen LogP contribution in [0, 0.1) is 0 Å². The predicted molar refractivity (Wildman–Crippen MR) is 143 cm³/mol. The van der Waals surface area contributed by atoms with Gasteiger partial charge < -0.3 is 9.80 Å². The molecule has 0 fully saturated rings. The lowest BCUT2D eigenvalue weighted by Crippen LogP contribution is -2.51. The minimum Gasteiger partial charge on any atom is -0.344 e. The van der Waals surface area contributed by atoms with E-state index in [1.165, 1.54) is 0 Å². The number of benzene rings is 2. The molecule has 1 unspecified atom stereocenters. The van der Waals surface area contributed by atoms with Gasteiger partial charge in [0.2, 0.25) is 12.3 Å². The Labute approximate surface area is 209 Å². The fourth-order valence-electron chi connectivity index (χ4n) is 3.78. The number of halogens is 1. The molecule has 182 valence electrons. The number of carbonyl (C=O) groups is 2. The van der Waals surface area contributed by atoms with E-state index in [0.29, 0.717) is 31.1 Å². The number of fused-ring (bicyclic) bond motifs is 1. The number of nitrogens with zero attached hydrogens (tertiary/aromatic N) is 3. The topological polar surface area (TPSA) is 43.9 Å². The van der Waals surface area contributed by atoms with Gasteiger partial charge in [0, 0.05) is 25.0 Å². The summed E-state index contributed by atoms with van der Waals surface area (Å²) < 4.78 is 0. The van der Waals surface area contributed by atoms with E-state index in [9.17, 15) is 9.59 Å². The molecule has 6 heteroatoms. The SMILES string of the molecule is C=C/C=C(CCN(C)C(=O)C(Cc1ccc2ccccc2c1)N(C=O)CN(C)CC)\C(Cl)=C/C. The summed E-state index contributed by atoms with van der Waals surface area (Å²) in [7, 11) is 3.71. The predicted octanol–water partition coefficient (Wildman–Crippen LogP) is 5.22. The van der Waals surface area contributed by atoms with Crippen LogP contribution < -0.4 is 0 Å². The molecule has 2 rings (SSSR count). The molecule has 0 N–H and O–H groups in total. The molecule has 2 amide bonds. The van der Waals surface area contributed by atoms with Crippen molar-refractivity contribution in [2.45, 2.75) is 32.7 Å². The third kappa shape index (κ3) is 7.57. The van der Waals surface area contributed by atoms with Gasteiger partial charge >= 0.3 is 0 Å². The minimum atomic E-state index is -0.610. The molecule has 0 saturated heterocycles. The molecule has 0 heterocycles. The lowest BCUT2D eigenvalue weighted by molar-refractivity contribution is -0.141. The second-order valence-electron chi connectivity index (χ2n) is 8.41. The molecule has 5 nitrogen and oxygen atoms in total. The Bertz CT molecular complexity index is 1050. The highest BCUT2D eigenvalue weighted by Crippen LogP contribution is 2.21. The molecule has 0 aliphatic carbocycles. The second-order valence-corrected chi connectivity index (χ2v) is 8.82. The third-order valence-corrected chi connectivity index (χ3v) is 6.44. The number of rotatable bonds is 13. The normalized spacial score (nSPS) is 13.1. The zero-order chi connectivity index (χ0) is 25.1. The van der Waals surface area contributed by atoms with E-state index >= 15 is 0 Å². The number of carbonyl (C=O) groups excluding carboxylic acids is 2. The van der Waals surface area contributed by atoms with Crippen molar-refractivity contribution in [3.8, 4) is 0 Å². The van der Waals surface area contributed by atoms with Gasteiger partial charge in [0.1, 0.15) is 6.04 Å². The van der Waals surface area contributed by atoms with E-state index in [4.69, 9.17) is 11.6 Å². The highest BCUT2D eigenvalue weighted by Gasteiger charge is 2.29. The summed E-state index contributed by atoms with van der Waals surface area (Å²) in [6.45, 7) is 9.28. The van der Waals surface area contributed by atoms with Crippen molar-refractivity contribution in [2.75, 3.05) is 33.9 Å². The van der Waals surface area contributed by atoms with E-state index < -0.39 is 6.04 Å². The van der Waals surface area contributed by atoms with Crippen LogP contribution in [0.15, 0.2) is 77.9 Å². The molecule has 0 aliphatic heterocycles. The fourth-order valence-corrected chi connectivity index (χ4v) is 3.94. The van der Waals surface area contributed by atoms with Crippen molar-refractivity contribution in [3.63, 3.8) is 0 Å². The third-order valence-electron chi connectivity index (χ3n) is 5.98. The minimum absolute atomic E-state index is 0.0979. The number of likely N-dealkylation sites (N-methyl/N-ethyl adjacent to an activating group) is 1. The highest BCUT2D eigenvalue weighted by atomic mass is 35.5. The van der Waals surface area contributed by atoms with Gasteiger partial charge in [-0.25, -0.2) is 0 Å². The number of amides is 2. The maximum Gasteiger partial charge on any atom is 0.245 e. The van der Waals surface area contributed by atoms with Crippen LogP contribution in [0.2, 0.25) is 0 Å². The number of allylic oxidation sites excluding steroid dienone is 4. The van der Waals surface area contributed by atoms with Crippen molar-refractivity contribution in [2.24, 2.45) is 0 Å². The van der Waals surface area contributed by atoms with Gasteiger partial charge in [-0.2, -0.15) is 0 Å². The Kier molecular flexibility index (Phi) is 11.0. The first kappa shape index (κ1) is 27.4. The first-order chi connectivity index (χ1) is 16.3. The molecule has 0 aliphatic rings. The van der Waals surface area contributed by atoms with Gasteiger partial charge in [0.05, 0.1) is 6.67 Å². The molecule has 2 aromatic carbocycles. The van der Waals surface area contributed by atoms with E-state index in [-0.39, 0.29) is 5.91 Å². The quantitative estimate of drug-likeness (QED) is 0.224. The maximum atomic E-state index is 13.6. The molecule has 0 aromatic heterocycles. The monoisotopic (exact) mass is 481 g/mol. The summed E-state index contributed by atoms with van der Waals surface area (Å²) >= 11 is 6.32. The average Bonchev–Trinajstić information content (AvgIpc) is 2.86. The first-order valence-corrected chi connectivity index (χ1v) is 12.0. The van der Waals surface area contributed by atoms with E-state index in [2.05, 4.69) is 30.8 Å². The van der Waals surface area contributed by atoms with Crippen molar-refractivity contribution >= 4 is 34.7 Å². The maximum absolute atomic E-state index is 13.6. The summed E-state index contributed by atoms with van der Waals surface area (Å²) in [6, 6.07) is 13.7. The van der Waals surface area contributed by atoms with Crippen LogP contribution in [0.1, 0.15) is 25.8 Å². The lowest BCUT2D eigenvalue weighted by Gasteiger charge is -2.33. The zero-order valence-corrected chi connectivity index (χ0v) is 21.5. The smallest absolute Gasteiger partial charge is 0.245 e. The van der Waals surface area contributed by atoms with E-state index in [0.717, 1.165) is 34.9 Å². The van der Waals surface area contributed by atoms with Gasteiger partial charge in [0.15, 0.2) is 0 Å². The van der Waals surface area contributed by atoms with Gasteiger partial charge in [-0.05, 0) is 48.8 Å². The Hall–Kier alpha value is -2.89. The molecular weight excluding hydrogens is 446 g/mol. The highest BCUT2D eigenvalue weighted by molar-refractivity contribution is 6.31. The number of hydrogen-bond acceptors (Lipinski definition) is 3. The standard InChI is InChI=1S/C28H36ClN3O2/c1-6-11-24(26(29)7-2)16-17-31(5)28(34)27(32(21-33)20-30(4)8-3)19-22-14-15-23-12-9-10-13-25(23)18-22/h6-7,9-15,18,21,27H,1,8,16-17,19-20H2,2-5H3/b24-11-,26-7+. The molecule has 0 spiro atoms. The first-order valence-electron chi connectivity index (χ1n) is 11.6. The van der Waals surface area contributed by atoms with Crippen molar-refractivity contribution < 1.29 is 9.59 Å². The van der Waals surface area contributed by atoms with Gasteiger partial charge in [-0.3, -0.25) is 14.5 Å². The molecule has 0 bridgehead atoms. The average molecular weight is 482 g/mol. The van der Waals surface area contributed by atoms with E-state index in [1.54, 1.807) is 22.9 Å². The molecule has 1 atom stereocenters. The van der Waals surface area contributed by atoms with Gasteiger partial charge in [0.25, 0.3) is 0 Å². The van der Waals surface area contributed by atoms with Crippen LogP contribution in [-0.2, 0) is 16.0 Å². The van der Waals surface area contributed by atoms with Crippen molar-refractivity contribution in [3.05, 3.63) is 83.4 Å². The second kappa shape index (κ2) is 13.7. The molecule has 0 saturated carbocycles. The fraction of sp³-hybridized carbons (Fsp3) is 0.357. The summed E-state index contributed by atoms with van der Waals surface area (Å²) in [5, 5.41) is 2.90. The summed E-state index contributed by atoms with van der Waals surface area (Å²) in [4.78, 5) is 31.0. The summed E-state index contributed by atoms with van der Waals surface area (Å²) in [5.41, 5.74) is 1.93. The van der Waals surface area contributed by atoms with Crippen LogP contribution in [-0.4, -0.2) is 66.9 Å². The largest absolute Gasteiger partial charge is 0.344 e. The van der Waals surface area contributed by atoms with Gasteiger partial charge in [-0.15, -0.1) is 0 Å². The molecular formula is C28H36ClN3O2. The Balaban J connectivity index is 2.29. The van der Waals surface area contributed by atoms with Crippen LogP contribution in [0.25, 0.3) is 10.8 Å². The zero-order valence-electron chi connectivity index (χ0n) is 20.7. The van der Waals surface area contributed by atoms with Gasteiger partial charge in [-0.1, -0.05) is 85.8 Å². The van der Waals surface area contributed by atoms with Crippen LogP contribution >= 0.6 is 11.6 Å². The number of hydrogen-bond donors (Lipinski definition) is 0. The molecule has 34 heavy (non-hydrogen) atoms.